The highest BCUT2D eigenvalue weighted by Crippen LogP contribution is 2.23. The van der Waals surface area contributed by atoms with Gasteiger partial charge in [-0.3, -0.25) is 10.1 Å². The molecule has 0 radical (unpaired) electrons. The first-order valence-electron chi connectivity index (χ1n) is 3.85. The predicted molar refractivity (Wildman–Crippen MR) is 44.6 cm³/mol. The number of alkyl halides is 2. The van der Waals surface area contributed by atoms with E-state index in [0.29, 0.717) is 0 Å². The molecule has 1 rings (SSSR count). The fourth-order valence-corrected chi connectivity index (χ4v) is 0.869. The second-order valence-corrected chi connectivity index (χ2v) is 2.57. The van der Waals surface area contributed by atoms with Gasteiger partial charge in [0.05, 0.1) is 11.0 Å². The minimum Gasteiger partial charge on any atom is -0.484 e. The molecule has 0 aliphatic rings. The maximum absolute atomic E-state index is 12.9. The van der Waals surface area contributed by atoms with Gasteiger partial charge in [0.1, 0.15) is 6.61 Å². The van der Waals surface area contributed by atoms with Crippen LogP contribution in [0, 0.1) is 15.9 Å². The Morgan fingerprint density at radius 2 is 2.13 bits per heavy atom. The Balaban J connectivity index is 2.85. The van der Waals surface area contributed by atoms with Crippen LogP contribution in [0.3, 0.4) is 0 Å². The van der Waals surface area contributed by atoms with Crippen LogP contribution < -0.4 is 4.74 Å². The molecule has 0 aliphatic heterocycles. The van der Waals surface area contributed by atoms with Crippen molar-refractivity contribution in [2.45, 2.75) is 6.43 Å². The first-order valence-corrected chi connectivity index (χ1v) is 3.85. The van der Waals surface area contributed by atoms with Crippen LogP contribution in [0.25, 0.3) is 0 Å². The van der Waals surface area contributed by atoms with Gasteiger partial charge < -0.3 is 4.74 Å². The Labute approximate surface area is 82.4 Å². The fraction of sp³-hybridized carbons (Fsp3) is 0.250. The molecule has 15 heavy (non-hydrogen) atoms. The van der Waals surface area contributed by atoms with Gasteiger partial charge in [-0.1, -0.05) is 0 Å². The standard InChI is InChI=1S/C8H6F3NO3/c9-6-2-1-5(12(13)14)3-7(6)15-4-8(10)11/h1-3,8H,4H2. The molecule has 4 nitrogen and oxygen atoms in total. The van der Waals surface area contributed by atoms with Crippen molar-refractivity contribution >= 4 is 5.69 Å². The van der Waals surface area contributed by atoms with Crippen LogP contribution in [0.1, 0.15) is 0 Å². The van der Waals surface area contributed by atoms with Crippen molar-refractivity contribution in [1.82, 2.24) is 0 Å². The summed E-state index contributed by atoms with van der Waals surface area (Å²) in [4.78, 5) is 9.51. The number of halogens is 3. The molecule has 1 aromatic carbocycles. The molecule has 0 heterocycles. The quantitative estimate of drug-likeness (QED) is 0.579. The third-order valence-electron chi connectivity index (χ3n) is 1.49. The summed E-state index contributed by atoms with van der Waals surface area (Å²) in [5.41, 5.74) is -0.416. The number of nitro groups is 1. The average molecular weight is 221 g/mol. The third-order valence-corrected chi connectivity index (χ3v) is 1.49. The van der Waals surface area contributed by atoms with Gasteiger partial charge in [-0.25, -0.2) is 13.2 Å². The van der Waals surface area contributed by atoms with E-state index < -0.39 is 35.2 Å². The minimum atomic E-state index is -2.76. The largest absolute Gasteiger partial charge is 0.484 e. The molecule has 0 bridgehead atoms. The van der Waals surface area contributed by atoms with Crippen molar-refractivity contribution in [3.63, 3.8) is 0 Å². The zero-order chi connectivity index (χ0) is 11.4. The molecular formula is C8H6F3NO3. The minimum absolute atomic E-state index is 0.416. The second kappa shape index (κ2) is 4.63. The van der Waals surface area contributed by atoms with Crippen molar-refractivity contribution in [3.05, 3.63) is 34.1 Å². The van der Waals surface area contributed by atoms with E-state index in [1.54, 1.807) is 0 Å². The zero-order valence-electron chi connectivity index (χ0n) is 7.32. The van der Waals surface area contributed by atoms with Crippen LogP contribution in [-0.2, 0) is 0 Å². The van der Waals surface area contributed by atoms with Crippen molar-refractivity contribution in [2.75, 3.05) is 6.61 Å². The Hall–Kier alpha value is -1.79. The lowest BCUT2D eigenvalue weighted by molar-refractivity contribution is -0.385. The third kappa shape index (κ3) is 3.12. The highest BCUT2D eigenvalue weighted by Gasteiger charge is 2.13. The Morgan fingerprint density at radius 3 is 2.67 bits per heavy atom. The SMILES string of the molecule is O=[N+]([O-])c1ccc(F)c(OCC(F)F)c1. The number of nitro benzene ring substituents is 1. The molecule has 7 heteroatoms. The van der Waals surface area contributed by atoms with Gasteiger partial charge in [0, 0.05) is 6.07 Å². The molecule has 0 atom stereocenters. The van der Waals surface area contributed by atoms with Gasteiger partial charge in [0.2, 0.25) is 0 Å². The van der Waals surface area contributed by atoms with Gasteiger partial charge in [0.25, 0.3) is 12.1 Å². The number of non-ortho nitro benzene ring substituents is 1. The van der Waals surface area contributed by atoms with Crippen LogP contribution >= 0.6 is 0 Å². The first kappa shape index (κ1) is 11.3. The van der Waals surface area contributed by atoms with Crippen molar-refractivity contribution < 1.29 is 22.8 Å². The maximum Gasteiger partial charge on any atom is 0.273 e. The second-order valence-electron chi connectivity index (χ2n) is 2.57. The molecule has 0 N–H and O–H groups in total. The summed E-state index contributed by atoms with van der Waals surface area (Å²) in [7, 11) is 0. The Bertz CT molecular complexity index is 370. The summed E-state index contributed by atoms with van der Waals surface area (Å²) >= 11 is 0. The number of hydrogen-bond donors (Lipinski definition) is 0. The lowest BCUT2D eigenvalue weighted by atomic mass is 10.3. The van der Waals surface area contributed by atoms with Crippen LogP contribution in [0.5, 0.6) is 5.75 Å². The lowest BCUT2D eigenvalue weighted by Gasteiger charge is -2.05. The molecule has 0 aromatic heterocycles. The summed E-state index contributed by atoms with van der Waals surface area (Å²) in [6.07, 6.45) is -2.76. The molecule has 0 unspecified atom stereocenters. The van der Waals surface area contributed by atoms with Gasteiger partial charge in [-0.15, -0.1) is 0 Å². The summed E-state index contributed by atoms with van der Waals surface area (Å²) in [5, 5.41) is 10.3. The number of benzene rings is 1. The van der Waals surface area contributed by atoms with E-state index in [-0.39, 0.29) is 0 Å². The highest BCUT2D eigenvalue weighted by molar-refractivity contribution is 5.39. The van der Waals surface area contributed by atoms with E-state index in [2.05, 4.69) is 4.74 Å². The Morgan fingerprint density at radius 1 is 1.47 bits per heavy atom. The molecule has 0 saturated carbocycles. The Kier molecular flexibility index (Phi) is 3.48. The molecule has 1 aromatic rings. The maximum atomic E-state index is 12.9. The molecule has 0 aliphatic carbocycles. The molecule has 0 amide bonds. The average Bonchev–Trinajstić information content (AvgIpc) is 2.16. The predicted octanol–water partition coefficient (Wildman–Crippen LogP) is 2.38. The topological polar surface area (TPSA) is 52.4 Å². The first-order chi connectivity index (χ1) is 7.00. The van der Waals surface area contributed by atoms with Crippen LogP contribution in [0.2, 0.25) is 0 Å². The van der Waals surface area contributed by atoms with E-state index in [0.717, 1.165) is 18.2 Å². The van der Waals surface area contributed by atoms with E-state index in [1.807, 2.05) is 0 Å². The molecule has 0 saturated heterocycles. The van der Waals surface area contributed by atoms with Gasteiger partial charge in [0.15, 0.2) is 11.6 Å². The monoisotopic (exact) mass is 221 g/mol. The number of nitrogens with zero attached hydrogens (tertiary/aromatic N) is 1. The van der Waals surface area contributed by atoms with Crippen molar-refractivity contribution in [1.29, 1.82) is 0 Å². The van der Waals surface area contributed by atoms with E-state index in [9.17, 15) is 23.3 Å². The van der Waals surface area contributed by atoms with Crippen molar-refractivity contribution in [2.24, 2.45) is 0 Å². The van der Waals surface area contributed by atoms with Crippen LogP contribution in [0.4, 0.5) is 18.9 Å². The number of ether oxygens (including phenoxy) is 1. The zero-order valence-corrected chi connectivity index (χ0v) is 7.32. The normalized spacial score (nSPS) is 10.4. The molecular weight excluding hydrogens is 215 g/mol. The molecule has 0 fully saturated rings. The van der Waals surface area contributed by atoms with Gasteiger partial charge >= 0.3 is 0 Å². The summed E-state index contributed by atoms with van der Waals surface area (Å²) in [6.45, 7) is -1.00. The smallest absolute Gasteiger partial charge is 0.273 e. The van der Waals surface area contributed by atoms with Gasteiger partial charge in [-0.05, 0) is 6.07 Å². The lowest BCUT2D eigenvalue weighted by Crippen LogP contribution is -2.08. The van der Waals surface area contributed by atoms with E-state index >= 15 is 0 Å². The highest BCUT2D eigenvalue weighted by atomic mass is 19.3. The number of rotatable bonds is 4. The van der Waals surface area contributed by atoms with E-state index in [4.69, 9.17) is 0 Å². The van der Waals surface area contributed by atoms with Crippen LogP contribution in [-0.4, -0.2) is 18.0 Å². The fourth-order valence-electron chi connectivity index (χ4n) is 0.869. The molecule has 82 valence electrons. The van der Waals surface area contributed by atoms with E-state index in [1.165, 1.54) is 0 Å². The number of hydrogen-bond acceptors (Lipinski definition) is 3. The van der Waals surface area contributed by atoms with Gasteiger partial charge in [-0.2, -0.15) is 0 Å². The molecule has 0 spiro atoms. The summed E-state index contributed by atoms with van der Waals surface area (Å²) in [5.74, 6) is -1.47. The van der Waals surface area contributed by atoms with Crippen molar-refractivity contribution in [3.8, 4) is 5.75 Å². The summed E-state index contributed by atoms with van der Waals surface area (Å²) in [6, 6.07) is 2.47. The summed E-state index contributed by atoms with van der Waals surface area (Å²) < 4.78 is 40.7. The van der Waals surface area contributed by atoms with Crippen LogP contribution in [0.15, 0.2) is 18.2 Å².